The Morgan fingerprint density at radius 1 is 1.69 bits per heavy atom. The molecule has 0 spiro atoms. The van der Waals surface area contributed by atoms with Gasteiger partial charge in [-0.05, 0) is 13.0 Å². The molecule has 0 saturated carbocycles. The summed E-state index contributed by atoms with van der Waals surface area (Å²) in [7, 11) is 1.61. The van der Waals surface area contributed by atoms with Gasteiger partial charge in [0.05, 0.1) is 23.7 Å². The molecule has 1 atom stereocenters. The number of pyridine rings is 1. The number of hydrogen-bond acceptors (Lipinski definition) is 4. The number of aromatic hydroxyl groups is 1. The predicted octanol–water partition coefficient (Wildman–Crippen LogP) is 1.02. The summed E-state index contributed by atoms with van der Waals surface area (Å²) in [6.07, 6.45) is 2.64. The summed E-state index contributed by atoms with van der Waals surface area (Å²) in [4.78, 5) is 17.0. The number of carbonyl (C=O) groups is 1. The van der Waals surface area contributed by atoms with E-state index in [4.69, 9.17) is 5.26 Å². The molecule has 1 rings (SSSR count). The smallest absolute Gasteiger partial charge is 0.255 e. The Morgan fingerprint density at radius 2 is 2.38 bits per heavy atom. The van der Waals surface area contributed by atoms with E-state index in [1.165, 1.54) is 23.4 Å². The molecule has 0 fully saturated rings. The first-order chi connectivity index (χ1) is 7.54. The van der Waals surface area contributed by atoms with E-state index >= 15 is 0 Å². The van der Waals surface area contributed by atoms with Crippen LogP contribution in [0.3, 0.4) is 0 Å². The van der Waals surface area contributed by atoms with Gasteiger partial charge in [-0.25, -0.2) is 0 Å². The molecule has 5 heteroatoms. The van der Waals surface area contributed by atoms with Crippen LogP contribution in [0, 0.1) is 17.2 Å². The van der Waals surface area contributed by atoms with Gasteiger partial charge in [-0.15, -0.1) is 0 Å². The molecule has 1 aromatic heterocycles. The van der Waals surface area contributed by atoms with Crippen LogP contribution in [-0.4, -0.2) is 34.5 Å². The summed E-state index contributed by atoms with van der Waals surface area (Å²) >= 11 is 0. The molecule has 1 heterocycles. The lowest BCUT2D eigenvalue weighted by Gasteiger charge is -2.18. The standard InChI is InChI=1S/C11H13N3O2/c1-8(4-12)7-14(2)11(16)9-3-10(15)6-13-5-9/h3,5-6,8,15H,7H2,1-2H3. The van der Waals surface area contributed by atoms with Gasteiger partial charge >= 0.3 is 0 Å². The molecule has 0 aromatic carbocycles. The van der Waals surface area contributed by atoms with Gasteiger partial charge < -0.3 is 10.0 Å². The molecular formula is C11H13N3O2. The minimum Gasteiger partial charge on any atom is -0.506 e. The highest BCUT2D eigenvalue weighted by Gasteiger charge is 2.14. The van der Waals surface area contributed by atoms with E-state index in [-0.39, 0.29) is 17.6 Å². The molecule has 5 nitrogen and oxygen atoms in total. The molecule has 0 bridgehead atoms. The third kappa shape index (κ3) is 2.95. The third-order valence-electron chi connectivity index (χ3n) is 2.09. The summed E-state index contributed by atoms with van der Waals surface area (Å²) in [6, 6.07) is 3.40. The van der Waals surface area contributed by atoms with E-state index in [0.717, 1.165) is 0 Å². The van der Waals surface area contributed by atoms with Gasteiger partial charge in [-0.3, -0.25) is 9.78 Å². The van der Waals surface area contributed by atoms with Crippen molar-refractivity contribution < 1.29 is 9.90 Å². The second kappa shape index (κ2) is 5.12. The number of nitrogens with zero attached hydrogens (tertiary/aromatic N) is 3. The van der Waals surface area contributed by atoms with E-state index in [9.17, 15) is 9.90 Å². The highest BCUT2D eigenvalue weighted by Crippen LogP contribution is 2.11. The molecule has 0 aliphatic heterocycles. The van der Waals surface area contributed by atoms with Crippen LogP contribution in [0.15, 0.2) is 18.5 Å². The second-order valence-electron chi connectivity index (χ2n) is 3.65. The SMILES string of the molecule is CC(C#N)CN(C)C(=O)c1cncc(O)c1. The predicted molar refractivity (Wildman–Crippen MR) is 57.6 cm³/mol. The Hall–Kier alpha value is -2.09. The Kier molecular flexibility index (Phi) is 3.84. The highest BCUT2D eigenvalue weighted by atomic mass is 16.3. The van der Waals surface area contributed by atoms with Crippen LogP contribution in [0.4, 0.5) is 0 Å². The lowest BCUT2D eigenvalue weighted by atomic mass is 10.2. The number of aromatic nitrogens is 1. The van der Waals surface area contributed by atoms with Crippen molar-refractivity contribution in [1.82, 2.24) is 9.88 Å². The van der Waals surface area contributed by atoms with Crippen LogP contribution >= 0.6 is 0 Å². The Bertz CT molecular complexity index is 425. The molecule has 0 saturated heterocycles. The maximum atomic E-state index is 11.8. The van der Waals surface area contributed by atoms with Gasteiger partial charge in [-0.1, -0.05) is 0 Å². The van der Waals surface area contributed by atoms with E-state index in [1.807, 2.05) is 0 Å². The normalized spacial score (nSPS) is 11.6. The first-order valence-corrected chi connectivity index (χ1v) is 4.83. The summed E-state index contributed by atoms with van der Waals surface area (Å²) in [5, 5.41) is 17.8. The van der Waals surface area contributed by atoms with E-state index in [2.05, 4.69) is 11.1 Å². The quantitative estimate of drug-likeness (QED) is 0.823. The molecular weight excluding hydrogens is 206 g/mol. The summed E-state index contributed by atoms with van der Waals surface area (Å²) < 4.78 is 0. The minimum absolute atomic E-state index is 0.0485. The average Bonchev–Trinajstić information content (AvgIpc) is 2.27. The number of hydrogen-bond donors (Lipinski definition) is 1. The first-order valence-electron chi connectivity index (χ1n) is 4.83. The zero-order valence-electron chi connectivity index (χ0n) is 9.21. The van der Waals surface area contributed by atoms with Crippen molar-refractivity contribution in [2.75, 3.05) is 13.6 Å². The van der Waals surface area contributed by atoms with Crippen LogP contribution in [0.1, 0.15) is 17.3 Å². The zero-order valence-corrected chi connectivity index (χ0v) is 9.21. The van der Waals surface area contributed by atoms with Crippen molar-refractivity contribution in [3.63, 3.8) is 0 Å². The first kappa shape index (κ1) is 12.0. The lowest BCUT2D eigenvalue weighted by molar-refractivity contribution is 0.0784. The van der Waals surface area contributed by atoms with Gasteiger partial charge in [0.1, 0.15) is 5.75 Å². The topological polar surface area (TPSA) is 77.2 Å². The monoisotopic (exact) mass is 219 g/mol. The fraction of sp³-hybridized carbons (Fsp3) is 0.364. The molecule has 1 amide bonds. The Balaban J connectivity index is 2.75. The summed E-state index contributed by atoms with van der Waals surface area (Å²) in [5.41, 5.74) is 0.313. The van der Waals surface area contributed by atoms with Crippen LogP contribution in [0.25, 0.3) is 0 Å². The molecule has 1 N–H and O–H groups in total. The van der Waals surface area contributed by atoms with E-state index in [1.54, 1.807) is 14.0 Å². The molecule has 0 radical (unpaired) electrons. The number of amides is 1. The molecule has 0 aliphatic rings. The van der Waals surface area contributed by atoms with Gasteiger partial charge in [0.15, 0.2) is 0 Å². The van der Waals surface area contributed by atoms with Crippen LogP contribution < -0.4 is 0 Å². The minimum atomic E-state index is -0.259. The van der Waals surface area contributed by atoms with Crippen molar-refractivity contribution >= 4 is 5.91 Å². The molecule has 0 aliphatic carbocycles. The maximum Gasteiger partial charge on any atom is 0.255 e. The molecule has 1 unspecified atom stereocenters. The highest BCUT2D eigenvalue weighted by molar-refractivity contribution is 5.94. The fourth-order valence-corrected chi connectivity index (χ4v) is 1.30. The fourth-order valence-electron chi connectivity index (χ4n) is 1.30. The average molecular weight is 219 g/mol. The molecule has 16 heavy (non-hydrogen) atoms. The number of rotatable bonds is 3. The van der Waals surface area contributed by atoms with Crippen molar-refractivity contribution in [3.05, 3.63) is 24.0 Å². The van der Waals surface area contributed by atoms with Crippen molar-refractivity contribution in [1.29, 1.82) is 5.26 Å². The summed E-state index contributed by atoms with van der Waals surface area (Å²) in [5.74, 6) is -0.530. The van der Waals surface area contributed by atoms with Crippen LogP contribution in [-0.2, 0) is 0 Å². The zero-order chi connectivity index (χ0) is 12.1. The van der Waals surface area contributed by atoms with Gasteiger partial charge in [0.2, 0.25) is 0 Å². The largest absolute Gasteiger partial charge is 0.506 e. The van der Waals surface area contributed by atoms with E-state index in [0.29, 0.717) is 12.1 Å². The molecule has 1 aromatic rings. The second-order valence-corrected chi connectivity index (χ2v) is 3.65. The maximum absolute atomic E-state index is 11.8. The van der Waals surface area contributed by atoms with E-state index < -0.39 is 0 Å². The van der Waals surface area contributed by atoms with Gasteiger partial charge in [0.25, 0.3) is 5.91 Å². The van der Waals surface area contributed by atoms with Crippen LogP contribution in [0.2, 0.25) is 0 Å². The van der Waals surface area contributed by atoms with Crippen molar-refractivity contribution in [2.45, 2.75) is 6.92 Å². The summed E-state index contributed by atoms with van der Waals surface area (Å²) in [6.45, 7) is 2.09. The van der Waals surface area contributed by atoms with Crippen LogP contribution in [0.5, 0.6) is 5.75 Å². The Morgan fingerprint density at radius 3 is 2.94 bits per heavy atom. The van der Waals surface area contributed by atoms with Gasteiger partial charge in [0, 0.05) is 19.8 Å². The lowest BCUT2D eigenvalue weighted by Crippen LogP contribution is -2.30. The van der Waals surface area contributed by atoms with Crippen molar-refractivity contribution in [2.24, 2.45) is 5.92 Å². The Labute approximate surface area is 93.9 Å². The third-order valence-corrected chi connectivity index (χ3v) is 2.09. The van der Waals surface area contributed by atoms with Crippen molar-refractivity contribution in [3.8, 4) is 11.8 Å². The number of carbonyl (C=O) groups excluding carboxylic acids is 1. The molecule has 84 valence electrons. The van der Waals surface area contributed by atoms with Gasteiger partial charge in [-0.2, -0.15) is 5.26 Å². The number of nitriles is 1.